The first kappa shape index (κ1) is 97.4. The molecule has 0 radical (unpaired) electrons. The molecular formula is C84H138CaO14S2. The number of hydrogen-bond donors (Lipinski definition) is 0. The minimum absolute atomic E-state index is 0. The van der Waals surface area contributed by atoms with E-state index < -0.39 is 65.0 Å². The zero-order chi connectivity index (χ0) is 73.1. The molecule has 0 saturated heterocycles. The van der Waals surface area contributed by atoms with E-state index in [0.29, 0.717) is 25.7 Å². The van der Waals surface area contributed by atoms with Gasteiger partial charge in [0.2, 0.25) is 0 Å². The van der Waals surface area contributed by atoms with Crippen LogP contribution in [0.3, 0.4) is 0 Å². The Balaban J connectivity index is 0.00000196. The Labute approximate surface area is 645 Å². The van der Waals surface area contributed by atoms with Gasteiger partial charge in [-0.15, -0.1) is 0 Å². The van der Waals surface area contributed by atoms with Gasteiger partial charge in [0.15, 0.2) is 0 Å². The van der Waals surface area contributed by atoms with Crippen molar-refractivity contribution >= 4 is 81.9 Å². The molecule has 2 aromatic carbocycles. The van der Waals surface area contributed by atoms with Crippen molar-refractivity contribution in [3.8, 4) is 0 Å². The Kier molecular flexibility index (Phi) is 66.9. The molecule has 0 amide bonds. The van der Waals surface area contributed by atoms with Gasteiger partial charge in [-0.2, -0.15) is 0 Å². The van der Waals surface area contributed by atoms with Crippen LogP contribution in [0, 0.1) is 0 Å². The summed E-state index contributed by atoms with van der Waals surface area (Å²) in [6, 6.07) is 7.20. The second-order valence-electron chi connectivity index (χ2n) is 27.1. The topological polar surface area (TPSA) is 220 Å². The molecule has 0 aromatic heterocycles. The molecule has 0 N–H and O–H groups in total. The largest absolute Gasteiger partial charge is 2.00 e. The van der Waals surface area contributed by atoms with Gasteiger partial charge in [-0.05, 0) is 153 Å². The Morgan fingerprint density at radius 1 is 0.277 bits per heavy atom. The summed E-state index contributed by atoms with van der Waals surface area (Å²) < 4.78 is 93.1. The molecule has 0 saturated carbocycles. The van der Waals surface area contributed by atoms with Crippen molar-refractivity contribution in [2.45, 2.75) is 371 Å². The summed E-state index contributed by atoms with van der Waals surface area (Å²) in [6.45, 7) is 9.41. The summed E-state index contributed by atoms with van der Waals surface area (Å²) in [4.78, 5) is 50.2. The fourth-order valence-electron chi connectivity index (χ4n) is 11.9. The first-order valence-corrected chi connectivity index (χ1v) is 42.9. The molecule has 2 rings (SSSR count). The fourth-order valence-corrected chi connectivity index (χ4v) is 13.3. The maximum absolute atomic E-state index is 13.0. The molecule has 0 spiro atoms. The third-order valence-electron chi connectivity index (χ3n) is 18.0. The molecule has 0 unspecified atom stereocenters. The summed E-state index contributed by atoms with van der Waals surface area (Å²) in [5, 5.41) is 0. The second kappa shape index (κ2) is 69.4. The Morgan fingerprint density at radius 2 is 0.455 bits per heavy atom. The van der Waals surface area contributed by atoms with Crippen LogP contribution in [-0.2, 0) is 39.2 Å². The average Bonchev–Trinajstić information content (AvgIpc) is 0.800. The first-order valence-electron chi connectivity index (χ1n) is 40.1. The van der Waals surface area contributed by atoms with Gasteiger partial charge in [-0.25, -0.2) is 36.0 Å². The minimum Gasteiger partial charge on any atom is -0.744 e. The first-order chi connectivity index (χ1) is 48.6. The van der Waals surface area contributed by atoms with Crippen LogP contribution >= 0.6 is 0 Å². The van der Waals surface area contributed by atoms with Crippen LogP contribution in [0.4, 0.5) is 0 Å². The van der Waals surface area contributed by atoms with E-state index in [0.717, 1.165) is 153 Å². The number of ether oxygens (including phenoxy) is 4. The fraction of sp³-hybridized carbons (Fsp3) is 0.714. The number of hydrogen-bond acceptors (Lipinski definition) is 14. The molecule has 0 atom stereocenters. The van der Waals surface area contributed by atoms with Gasteiger partial charge >= 0.3 is 61.6 Å². The van der Waals surface area contributed by atoms with E-state index in [1.54, 1.807) is 0 Å². The summed E-state index contributed by atoms with van der Waals surface area (Å²) in [5.41, 5.74) is -1.59. The third kappa shape index (κ3) is 55.5. The van der Waals surface area contributed by atoms with Gasteiger partial charge in [0.25, 0.3) is 0 Å². The summed E-state index contributed by atoms with van der Waals surface area (Å²) >= 11 is 0. The predicted molar refractivity (Wildman–Crippen MR) is 415 cm³/mol. The van der Waals surface area contributed by atoms with Crippen molar-refractivity contribution in [2.24, 2.45) is 0 Å². The van der Waals surface area contributed by atoms with Crippen molar-refractivity contribution in [3.05, 3.63) is 107 Å². The van der Waals surface area contributed by atoms with E-state index in [1.165, 1.54) is 191 Å². The number of unbranched alkanes of at least 4 members (excludes halogenated alkanes) is 44. The van der Waals surface area contributed by atoms with E-state index in [-0.39, 0.29) is 75.3 Å². The number of carbonyl (C=O) groups excluding carboxylic acids is 4. The molecule has 0 aliphatic heterocycles. The van der Waals surface area contributed by atoms with E-state index >= 15 is 0 Å². The van der Waals surface area contributed by atoms with Crippen molar-refractivity contribution in [1.82, 2.24) is 0 Å². The predicted octanol–water partition coefficient (Wildman–Crippen LogP) is 24.0. The third-order valence-corrected chi connectivity index (χ3v) is 19.8. The number of esters is 4. The molecule has 101 heavy (non-hydrogen) atoms. The molecular weight excluding hydrogens is 1340 g/mol. The van der Waals surface area contributed by atoms with Crippen molar-refractivity contribution in [1.29, 1.82) is 0 Å². The average molecular weight is 1480 g/mol. The number of rotatable bonds is 66. The maximum atomic E-state index is 13.0. The van der Waals surface area contributed by atoms with Gasteiger partial charge in [0.05, 0.1) is 58.5 Å². The number of carbonyl (C=O) groups is 4. The zero-order valence-electron chi connectivity index (χ0n) is 63.9. The molecule has 2 aromatic rings. The van der Waals surface area contributed by atoms with E-state index in [9.17, 15) is 45.1 Å². The summed E-state index contributed by atoms with van der Waals surface area (Å²) in [7, 11) is -10.0. The standard InChI is InChI=1S/2C42H70O7S.Ca/c2*1-3-5-7-9-11-13-15-17-19-21-23-25-27-29-31-36-48-41(43)38-34-33-35-39(50(45,46)47)40(38)42(44)49-37-32-30-28-26-24-22-20-18-16-14-12-10-8-6-4-2;/h2*17-20,33-35H,3-16,21-32,36-37H2,1-2H3,(H,45,46,47);/q;;+2/p-2/b2*19-17+,20-18+;. The van der Waals surface area contributed by atoms with Gasteiger partial charge in [-0.3, -0.25) is 0 Å². The quantitative estimate of drug-likeness (QED) is 0.0150. The van der Waals surface area contributed by atoms with E-state index in [2.05, 4.69) is 76.3 Å². The summed E-state index contributed by atoms with van der Waals surface area (Å²) in [6.07, 6.45) is 77.9. The second-order valence-corrected chi connectivity index (χ2v) is 29.8. The Bertz CT molecular complexity index is 2540. The molecule has 14 nitrogen and oxygen atoms in total. The molecule has 0 heterocycles. The zero-order valence-corrected chi connectivity index (χ0v) is 67.8. The van der Waals surface area contributed by atoms with Crippen LogP contribution in [0.1, 0.15) is 403 Å². The molecule has 0 fully saturated rings. The van der Waals surface area contributed by atoms with Gasteiger partial charge in [-0.1, -0.05) is 294 Å². The minimum atomic E-state index is -5.02. The van der Waals surface area contributed by atoms with E-state index in [4.69, 9.17) is 18.9 Å². The van der Waals surface area contributed by atoms with Crippen LogP contribution in [0.5, 0.6) is 0 Å². The normalized spacial score (nSPS) is 11.8. The van der Waals surface area contributed by atoms with Crippen molar-refractivity contribution in [2.75, 3.05) is 26.4 Å². The summed E-state index contributed by atoms with van der Waals surface area (Å²) in [5.74, 6) is -3.66. The van der Waals surface area contributed by atoms with Crippen LogP contribution < -0.4 is 0 Å². The van der Waals surface area contributed by atoms with Gasteiger partial charge in [0.1, 0.15) is 20.2 Å². The Hall–Kier alpha value is -3.64. The Morgan fingerprint density at radius 3 is 0.653 bits per heavy atom. The monoisotopic (exact) mass is 1470 g/mol. The van der Waals surface area contributed by atoms with Crippen LogP contribution in [0.15, 0.2) is 94.8 Å². The van der Waals surface area contributed by atoms with Crippen molar-refractivity contribution < 1.29 is 64.1 Å². The smallest absolute Gasteiger partial charge is 0.744 e. The van der Waals surface area contributed by atoms with E-state index in [1.807, 2.05) is 0 Å². The number of benzene rings is 2. The number of allylic oxidation sites excluding steroid dienone is 8. The van der Waals surface area contributed by atoms with Crippen LogP contribution in [0.25, 0.3) is 0 Å². The SMILES string of the molecule is CCCCCCCC/C=C/CCCCCCCOC(=O)c1cccc(S(=O)(=O)[O-])c1C(=O)OCCCCCCC/C=C/CCCCCCCC.CCCCCCCC/C=C/CCCCCCCOC(=O)c1cccc(S(=O)(=O)[O-])c1C(=O)OCCCCCCC/C=C/CCCCCCCC.[Ca+2]. The van der Waals surface area contributed by atoms with Gasteiger partial charge in [0, 0.05) is 0 Å². The maximum Gasteiger partial charge on any atom is 2.00 e. The molecule has 17 heteroatoms. The van der Waals surface area contributed by atoms with Gasteiger partial charge < -0.3 is 28.1 Å². The molecule has 0 bridgehead atoms. The van der Waals surface area contributed by atoms with Crippen molar-refractivity contribution in [3.63, 3.8) is 0 Å². The van der Waals surface area contributed by atoms with Crippen LogP contribution in [-0.4, -0.2) is 114 Å². The molecule has 572 valence electrons. The molecule has 0 aliphatic rings. The van der Waals surface area contributed by atoms with Crippen LogP contribution in [0.2, 0.25) is 0 Å². The molecule has 0 aliphatic carbocycles.